The third kappa shape index (κ3) is 11.9. The number of phenolic OH excluding ortho intramolecular Hbond substituents is 1. The average molecular weight is 210 g/mol. The zero-order valence-corrected chi connectivity index (χ0v) is 8.51. The monoisotopic (exact) mass is 210 g/mol. The number of hydrogen-bond donors (Lipinski definition) is 2. The van der Waals surface area contributed by atoms with Crippen LogP contribution in [-0.4, -0.2) is 23.0 Å². The number of rotatable bonds is 1. The third-order valence-electron chi connectivity index (χ3n) is 1.12. The van der Waals surface area contributed by atoms with Gasteiger partial charge in [0, 0.05) is 5.57 Å². The van der Waals surface area contributed by atoms with Gasteiger partial charge in [0.1, 0.15) is 12.5 Å². The zero-order valence-electron chi connectivity index (χ0n) is 8.51. The molecule has 0 unspecified atom stereocenters. The Bertz CT molecular complexity index is 281. The maximum absolute atomic E-state index is 9.60. The van der Waals surface area contributed by atoms with Crippen LogP contribution in [0.1, 0.15) is 6.92 Å². The molecule has 0 heterocycles. The molecule has 15 heavy (non-hydrogen) atoms. The minimum atomic E-state index is -0.935. The van der Waals surface area contributed by atoms with Crippen molar-refractivity contribution in [3.63, 3.8) is 0 Å². The molecular formula is C11H14O4. The predicted octanol–water partition coefficient (Wildman–Crippen LogP) is 1.85. The highest BCUT2D eigenvalue weighted by atomic mass is 16.4. The second-order valence-electron chi connectivity index (χ2n) is 2.42. The Balaban J connectivity index is 0. The van der Waals surface area contributed by atoms with Gasteiger partial charge in [-0.2, -0.15) is 0 Å². The van der Waals surface area contributed by atoms with Gasteiger partial charge >= 0.3 is 5.97 Å². The standard InChI is InChI=1S/C6H6O.C4H6O2.CH2O/c7-6-4-2-1-3-5-6;1-3(2)4(5)6;1-2/h1-5,7H;1H2,2H3,(H,5,6);1H2. The average Bonchev–Trinajstić information content (AvgIpc) is 2.22. The Morgan fingerprint density at radius 2 is 1.53 bits per heavy atom. The van der Waals surface area contributed by atoms with E-state index in [4.69, 9.17) is 15.0 Å². The number of carbonyl (C=O) groups excluding carboxylic acids is 1. The second kappa shape index (κ2) is 9.98. The molecule has 1 rings (SSSR count). The molecule has 2 N–H and O–H groups in total. The predicted molar refractivity (Wildman–Crippen MR) is 57.7 cm³/mol. The van der Waals surface area contributed by atoms with Gasteiger partial charge in [-0.3, -0.25) is 0 Å². The largest absolute Gasteiger partial charge is 0.508 e. The van der Waals surface area contributed by atoms with E-state index in [1.807, 2.05) is 12.9 Å². The molecule has 0 aromatic heterocycles. The quantitative estimate of drug-likeness (QED) is 0.694. The van der Waals surface area contributed by atoms with Gasteiger partial charge in [0.15, 0.2) is 0 Å². The molecule has 4 nitrogen and oxygen atoms in total. The smallest absolute Gasteiger partial charge is 0.330 e. The molecule has 0 aliphatic heterocycles. The van der Waals surface area contributed by atoms with E-state index in [1.165, 1.54) is 6.92 Å². The second-order valence-corrected chi connectivity index (χ2v) is 2.42. The van der Waals surface area contributed by atoms with Crippen molar-refractivity contribution < 1.29 is 19.8 Å². The Labute approximate surface area is 88.5 Å². The summed E-state index contributed by atoms with van der Waals surface area (Å²) in [6, 6.07) is 8.71. The maximum Gasteiger partial charge on any atom is 0.330 e. The molecule has 0 spiro atoms. The Morgan fingerprint density at radius 1 is 1.20 bits per heavy atom. The summed E-state index contributed by atoms with van der Waals surface area (Å²) in [7, 11) is 0. The van der Waals surface area contributed by atoms with E-state index >= 15 is 0 Å². The van der Waals surface area contributed by atoms with Crippen LogP contribution >= 0.6 is 0 Å². The molecule has 0 saturated carbocycles. The van der Waals surface area contributed by atoms with E-state index in [2.05, 4.69) is 6.58 Å². The van der Waals surface area contributed by atoms with Crippen LogP contribution in [0.5, 0.6) is 5.75 Å². The van der Waals surface area contributed by atoms with Crippen LogP contribution in [0.3, 0.4) is 0 Å². The van der Waals surface area contributed by atoms with Gasteiger partial charge < -0.3 is 15.0 Å². The van der Waals surface area contributed by atoms with E-state index in [0.717, 1.165) is 0 Å². The minimum absolute atomic E-state index is 0.176. The van der Waals surface area contributed by atoms with Crippen molar-refractivity contribution in [3.05, 3.63) is 42.5 Å². The van der Waals surface area contributed by atoms with Crippen molar-refractivity contribution in [3.8, 4) is 5.75 Å². The number of benzene rings is 1. The Kier molecular flexibility index (Phi) is 10.2. The SMILES string of the molecule is C=C(C)C(=O)O.C=O.Oc1ccccc1. The first-order valence-electron chi connectivity index (χ1n) is 3.95. The Morgan fingerprint density at radius 3 is 1.67 bits per heavy atom. The van der Waals surface area contributed by atoms with Gasteiger partial charge in [-0.05, 0) is 19.1 Å². The summed E-state index contributed by atoms with van der Waals surface area (Å²) in [5, 5.41) is 16.5. The number of hydrogen-bond acceptors (Lipinski definition) is 3. The number of para-hydroxylation sites is 1. The van der Waals surface area contributed by atoms with E-state index in [0.29, 0.717) is 5.75 Å². The van der Waals surface area contributed by atoms with Gasteiger partial charge in [-0.25, -0.2) is 4.79 Å². The number of carboxylic acid groups (broad SMARTS) is 1. The molecule has 1 aromatic carbocycles. The molecule has 0 saturated heterocycles. The molecule has 0 atom stereocenters. The van der Waals surface area contributed by atoms with Crippen molar-refractivity contribution >= 4 is 12.8 Å². The third-order valence-corrected chi connectivity index (χ3v) is 1.12. The maximum atomic E-state index is 9.60. The molecule has 1 aromatic rings. The highest BCUT2D eigenvalue weighted by Gasteiger charge is 1.90. The lowest BCUT2D eigenvalue weighted by Gasteiger charge is -1.82. The number of carbonyl (C=O) groups is 2. The summed E-state index contributed by atoms with van der Waals surface area (Å²) in [5.74, 6) is -0.613. The van der Waals surface area contributed by atoms with E-state index in [1.54, 1.807) is 24.3 Å². The zero-order chi connectivity index (χ0) is 12.3. The van der Waals surface area contributed by atoms with Crippen molar-refractivity contribution in [1.82, 2.24) is 0 Å². The van der Waals surface area contributed by atoms with Crippen LogP contribution in [0.25, 0.3) is 0 Å². The molecule has 4 heteroatoms. The van der Waals surface area contributed by atoms with Gasteiger partial charge in [0.05, 0.1) is 0 Å². The van der Waals surface area contributed by atoms with E-state index in [9.17, 15) is 4.79 Å². The van der Waals surface area contributed by atoms with Gasteiger partial charge in [0.25, 0.3) is 0 Å². The number of aromatic hydroxyl groups is 1. The highest BCUT2D eigenvalue weighted by Crippen LogP contribution is 2.02. The normalized spacial score (nSPS) is 7.27. The van der Waals surface area contributed by atoms with Gasteiger partial charge in [0.2, 0.25) is 0 Å². The summed E-state index contributed by atoms with van der Waals surface area (Å²) in [6.07, 6.45) is 0. The highest BCUT2D eigenvalue weighted by molar-refractivity contribution is 5.84. The van der Waals surface area contributed by atoms with E-state index in [-0.39, 0.29) is 5.57 Å². The lowest BCUT2D eigenvalue weighted by atomic mass is 10.3. The summed E-state index contributed by atoms with van der Waals surface area (Å²) in [6.45, 7) is 6.60. The molecule has 0 aliphatic carbocycles. The lowest BCUT2D eigenvalue weighted by molar-refractivity contribution is -0.132. The molecule has 0 amide bonds. The molecule has 0 bridgehead atoms. The number of aliphatic carboxylic acids is 1. The number of carboxylic acids is 1. The van der Waals surface area contributed by atoms with Crippen LogP contribution < -0.4 is 0 Å². The molecule has 82 valence electrons. The van der Waals surface area contributed by atoms with Crippen molar-refractivity contribution in [2.24, 2.45) is 0 Å². The number of phenols is 1. The fourth-order valence-electron chi connectivity index (χ4n) is 0.428. The Hall–Kier alpha value is -2.10. The van der Waals surface area contributed by atoms with Crippen LogP contribution in [0.4, 0.5) is 0 Å². The summed E-state index contributed by atoms with van der Waals surface area (Å²) in [5.41, 5.74) is 0.176. The fraction of sp³-hybridized carbons (Fsp3) is 0.0909. The molecule has 0 aliphatic rings. The molecule has 0 fully saturated rings. The van der Waals surface area contributed by atoms with Crippen LogP contribution in [-0.2, 0) is 9.59 Å². The van der Waals surface area contributed by atoms with Gasteiger partial charge in [-0.1, -0.05) is 24.8 Å². The van der Waals surface area contributed by atoms with E-state index < -0.39 is 5.97 Å². The fourth-order valence-corrected chi connectivity index (χ4v) is 0.428. The van der Waals surface area contributed by atoms with Crippen molar-refractivity contribution in [1.29, 1.82) is 0 Å². The first-order chi connectivity index (χ1) is 7.04. The summed E-state index contributed by atoms with van der Waals surface area (Å²) >= 11 is 0. The van der Waals surface area contributed by atoms with Crippen LogP contribution in [0.15, 0.2) is 42.5 Å². The molecular weight excluding hydrogens is 196 g/mol. The lowest BCUT2D eigenvalue weighted by Crippen LogP contribution is -1.92. The first-order valence-corrected chi connectivity index (χ1v) is 3.95. The summed E-state index contributed by atoms with van der Waals surface area (Å²) in [4.78, 5) is 17.6. The van der Waals surface area contributed by atoms with Crippen LogP contribution in [0.2, 0.25) is 0 Å². The van der Waals surface area contributed by atoms with Crippen LogP contribution in [0, 0.1) is 0 Å². The topological polar surface area (TPSA) is 74.6 Å². The van der Waals surface area contributed by atoms with Crippen molar-refractivity contribution in [2.45, 2.75) is 6.92 Å². The first kappa shape index (κ1) is 15.4. The summed E-state index contributed by atoms with van der Waals surface area (Å²) < 4.78 is 0. The molecule has 0 radical (unpaired) electrons. The van der Waals surface area contributed by atoms with Crippen molar-refractivity contribution in [2.75, 3.05) is 0 Å². The minimum Gasteiger partial charge on any atom is -0.508 e. The van der Waals surface area contributed by atoms with Gasteiger partial charge in [-0.15, -0.1) is 0 Å².